The predicted octanol–water partition coefficient (Wildman–Crippen LogP) is 4.90. The first-order valence-corrected chi connectivity index (χ1v) is 12.2. The van der Waals surface area contributed by atoms with Gasteiger partial charge >= 0.3 is 0 Å². The first kappa shape index (κ1) is 23.1. The van der Waals surface area contributed by atoms with Crippen LogP contribution in [0.15, 0.2) is 24.4 Å². The average Bonchev–Trinajstić information content (AvgIpc) is 3.15. The van der Waals surface area contributed by atoms with Gasteiger partial charge in [-0.05, 0) is 68.5 Å². The molecule has 3 N–H and O–H groups in total. The number of aromatic nitrogens is 4. The highest BCUT2D eigenvalue weighted by Gasteiger charge is 2.30. The van der Waals surface area contributed by atoms with Crippen molar-refractivity contribution in [2.24, 2.45) is 17.1 Å². The number of anilines is 2. The van der Waals surface area contributed by atoms with E-state index >= 15 is 0 Å². The zero-order valence-electron chi connectivity index (χ0n) is 19.6. The van der Waals surface area contributed by atoms with E-state index in [-0.39, 0.29) is 11.5 Å². The van der Waals surface area contributed by atoms with Crippen molar-refractivity contribution in [2.75, 3.05) is 25.1 Å². The number of nitrogens with one attached hydrogen (secondary N) is 1. The van der Waals surface area contributed by atoms with Gasteiger partial charge in [0.1, 0.15) is 23.0 Å². The van der Waals surface area contributed by atoms with Crippen LogP contribution in [-0.4, -0.2) is 39.3 Å². The fourth-order valence-electron chi connectivity index (χ4n) is 5.26. The Kier molecular flexibility index (Phi) is 6.48. The van der Waals surface area contributed by atoms with Crippen LogP contribution in [-0.2, 0) is 11.2 Å². The molecule has 2 aliphatic rings. The number of hydrogen-bond donors (Lipinski definition) is 2. The molecule has 0 spiro atoms. The van der Waals surface area contributed by atoms with Gasteiger partial charge in [-0.2, -0.15) is 0 Å². The summed E-state index contributed by atoms with van der Waals surface area (Å²) in [4.78, 5) is 14.3. The molecule has 1 aromatic carbocycles. The molecule has 34 heavy (non-hydrogen) atoms. The van der Waals surface area contributed by atoms with Gasteiger partial charge in [0, 0.05) is 37.4 Å². The Bertz CT molecular complexity index is 1130. The lowest BCUT2D eigenvalue weighted by molar-refractivity contribution is 0.0232. The first-order chi connectivity index (χ1) is 16.4. The van der Waals surface area contributed by atoms with Crippen molar-refractivity contribution in [1.82, 2.24) is 19.5 Å². The summed E-state index contributed by atoms with van der Waals surface area (Å²) >= 11 is 0. The van der Waals surface area contributed by atoms with Crippen LogP contribution in [0.4, 0.5) is 20.4 Å². The van der Waals surface area contributed by atoms with Crippen LogP contribution >= 0.6 is 0 Å². The predicted molar refractivity (Wildman–Crippen MR) is 127 cm³/mol. The molecule has 0 radical (unpaired) electrons. The van der Waals surface area contributed by atoms with E-state index in [0.717, 1.165) is 75.7 Å². The Hall–Kier alpha value is -2.65. The molecule has 3 aromatic rings. The number of ether oxygens (including phenoxy) is 1. The fraction of sp³-hybridized carbons (Fsp3) is 0.560. The highest BCUT2D eigenvalue weighted by molar-refractivity contribution is 5.75. The molecule has 1 saturated carbocycles. The van der Waals surface area contributed by atoms with Crippen molar-refractivity contribution in [3.8, 4) is 0 Å². The van der Waals surface area contributed by atoms with Crippen LogP contribution in [0, 0.1) is 23.0 Å². The van der Waals surface area contributed by atoms with E-state index in [0.29, 0.717) is 29.6 Å². The monoisotopic (exact) mass is 470 g/mol. The van der Waals surface area contributed by atoms with E-state index < -0.39 is 11.6 Å². The molecular weight excluding hydrogens is 438 g/mol. The summed E-state index contributed by atoms with van der Waals surface area (Å²) < 4.78 is 35.3. The number of rotatable bonds is 6. The summed E-state index contributed by atoms with van der Waals surface area (Å²) in [6.45, 7) is 4.48. The van der Waals surface area contributed by atoms with Crippen LogP contribution < -0.4 is 11.1 Å². The molecule has 0 amide bonds. The minimum atomic E-state index is -0.639. The van der Waals surface area contributed by atoms with Crippen LogP contribution in [0.2, 0.25) is 0 Å². The van der Waals surface area contributed by atoms with Gasteiger partial charge < -0.3 is 15.8 Å². The Morgan fingerprint density at radius 1 is 1.09 bits per heavy atom. The molecule has 182 valence electrons. The Morgan fingerprint density at radius 3 is 2.47 bits per heavy atom. The maximum absolute atomic E-state index is 13.8. The van der Waals surface area contributed by atoms with Gasteiger partial charge in [-0.1, -0.05) is 6.92 Å². The lowest BCUT2D eigenvalue weighted by atomic mass is 9.79. The van der Waals surface area contributed by atoms with Crippen molar-refractivity contribution < 1.29 is 13.5 Å². The van der Waals surface area contributed by atoms with E-state index in [2.05, 4.69) is 21.8 Å². The van der Waals surface area contributed by atoms with E-state index in [1.54, 1.807) is 6.20 Å². The van der Waals surface area contributed by atoms with E-state index in [9.17, 15) is 8.78 Å². The number of halogens is 2. The van der Waals surface area contributed by atoms with Gasteiger partial charge in [0.25, 0.3) is 0 Å². The smallest absolute Gasteiger partial charge is 0.209 e. The van der Waals surface area contributed by atoms with Gasteiger partial charge in [0.05, 0.1) is 6.20 Å². The number of benzene rings is 1. The van der Waals surface area contributed by atoms with Gasteiger partial charge in [-0.25, -0.2) is 23.7 Å². The summed E-state index contributed by atoms with van der Waals surface area (Å²) in [6.07, 6.45) is 8.47. The highest BCUT2D eigenvalue weighted by Crippen LogP contribution is 2.37. The maximum Gasteiger partial charge on any atom is 0.209 e. The highest BCUT2D eigenvalue weighted by atomic mass is 19.1. The molecule has 2 fully saturated rings. The van der Waals surface area contributed by atoms with Crippen molar-refractivity contribution in [2.45, 2.75) is 57.9 Å². The van der Waals surface area contributed by atoms with Crippen LogP contribution in [0.25, 0.3) is 11.2 Å². The Labute approximate surface area is 198 Å². The molecular formula is C25H32F2N6O. The van der Waals surface area contributed by atoms with Gasteiger partial charge in [0.2, 0.25) is 5.95 Å². The minimum Gasteiger partial charge on any atom is -0.381 e. The molecule has 3 heterocycles. The van der Waals surface area contributed by atoms with Crippen molar-refractivity contribution in [1.29, 1.82) is 0 Å². The second-order valence-corrected chi connectivity index (χ2v) is 10.1. The largest absolute Gasteiger partial charge is 0.381 e. The molecule has 7 nitrogen and oxygen atoms in total. The molecule has 1 aliphatic carbocycles. The number of hydrogen-bond acceptors (Lipinski definition) is 6. The van der Waals surface area contributed by atoms with Crippen molar-refractivity contribution in [3.05, 3.63) is 41.9 Å². The first-order valence-electron chi connectivity index (χ1n) is 12.2. The summed E-state index contributed by atoms with van der Waals surface area (Å²) in [5.74, 6) is 0.566. The lowest BCUT2D eigenvalue weighted by Gasteiger charge is -2.33. The Balaban J connectivity index is 1.52. The zero-order chi connectivity index (χ0) is 23.7. The summed E-state index contributed by atoms with van der Waals surface area (Å²) in [5, 5.41) is 3.14. The fourth-order valence-corrected chi connectivity index (χ4v) is 5.26. The van der Waals surface area contributed by atoms with Crippen molar-refractivity contribution >= 4 is 22.8 Å². The number of nitrogens with zero attached hydrogens (tertiary/aromatic N) is 4. The molecule has 0 unspecified atom stereocenters. The summed E-state index contributed by atoms with van der Waals surface area (Å²) in [6, 6.07) is 3.56. The third-order valence-corrected chi connectivity index (χ3v) is 7.40. The van der Waals surface area contributed by atoms with Crippen LogP contribution in [0.5, 0.6) is 0 Å². The summed E-state index contributed by atoms with van der Waals surface area (Å²) in [5.41, 5.74) is 7.76. The zero-order valence-corrected chi connectivity index (χ0v) is 19.6. The molecule has 5 rings (SSSR count). The lowest BCUT2D eigenvalue weighted by Crippen LogP contribution is -2.29. The second-order valence-electron chi connectivity index (χ2n) is 10.1. The molecule has 1 saturated heterocycles. The van der Waals surface area contributed by atoms with Crippen LogP contribution in [0.3, 0.4) is 0 Å². The van der Waals surface area contributed by atoms with E-state index in [4.69, 9.17) is 20.4 Å². The third-order valence-electron chi connectivity index (χ3n) is 7.40. The van der Waals surface area contributed by atoms with Gasteiger partial charge in [0.15, 0.2) is 5.65 Å². The topological polar surface area (TPSA) is 90.9 Å². The minimum absolute atomic E-state index is 0.107. The Morgan fingerprint density at radius 2 is 1.79 bits per heavy atom. The SMILES string of the molecule is CC1(Cc2ncc3nc(Nc4cc(F)cc(F)c4)n(C4CCC(CN)CC4)c3n2)CCOCC1. The van der Waals surface area contributed by atoms with Gasteiger partial charge in [-0.3, -0.25) is 4.57 Å². The molecule has 0 atom stereocenters. The third kappa shape index (κ3) is 4.90. The van der Waals surface area contributed by atoms with E-state index in [1.807, 2.05) is 0 Å². The standard InChI is InChI=1S/C25H32F2N6O/c1-25(6-8-34-9-7-25)13-22-29-15-21-23(32-22)33(20-4-2-16(14-28)3-5-20)24(31-21)30-19-11-17(26)10-18(27)12-19/h10-12,15-16,20H,2-9,13-14,28H2,1H3,(H,30,31). The van der Waals surface area contributed by atoms with Gasteiger partial charge in [-0.15, -0.1) is 0 Å². The average molecular weight is 471 g/mol. The molecule has 1 aliphatic heterocycles. The van der Waals surface area contributed by atoms with Crippen LogP contribution in [0.1, 0.15) is 57.3 Å². The maximum atomic E-state index is 13.8. The second kappa shape index (κ2) is 9.54. The summed E-state index contributed by atoms with van der Waals surface area (Å²) in [7, 11) is 0. The molecule has 2 aromatic heterocycles. The normalized spacial score (nSPS) is 22.7. The van der Waals surface area contributed by atoms with E-state index in [1.165, 1.54) is 12.1 Å². The quantitative estimate of drug-likeness (QED) is 0.533. The number of imidazole rings is 1. The number of nitrogens with two attached hydrogens (primary N) is 1. The number of fused-ring (bicyclic) bond motifs is 1. The molecule has 0 bridgehead atoms. The molecule has 9 heteroatoms. The van der Waals surface area contributed by atoms with Crippen molar-refractivity contribution in [3.63, 3.8) is 0 Å².